The quantitative estimate of drug-likeness (QED) is 0.227. The van der Waals surface area contributed by atoms with E-state index in [1.165, 1.54) is 0 Å². The van der Waals surface area contributed by atoms with Crippen LogP contribution >= 0.6 is 7.60 Å². The van der Waals surface area contributed by atoms with E-state index in [0.29, 0.717) is 17.1 Å². The summed E-state index contributed by atoms with van der Waals surface area (Å²) in [6.07, 6.45) is 1.54. The van der Waals surface area contributed by atoms with Gasteiger partial charge in [-0.2, -0.15) is 10.5 Å². The Morgan fingerprint density at radius 1 is 0.829 bits per heavy atom. The molecule has 0 N–H and O–H groups in total. The molecule has 0 aliphatic carbocycles. The van der Waals surface area contributed by atoms with Crippen molar-refractivity contribution in [2.45, 2.75) is 33.4 Å². The smallest absolute Gasteiger partial charge is 0.415 e. The molecule has 1 unspecified atom stereocenters. The van der Waals surface area contributed by atoms with E-state index in [1.54, 1.807) is 68.5 Å². The van der Waals surface area contributed by atoms with E-state index in [2.05, 4.69) is 18.7 Å². The van der Waals surface area contributed by atoms with Crippen molar-refractivity contribution in [3.05, 3.63) is 108 Å². The second kappa shape index (κ2) is 10.2. The zero-order valence-electron chi connectivity index (χ0n) is 20.4. The van der Waals surface area contributed by atoms with Crippen LogP contribution in [0.25, 0.3) is 0 Å². The van der Waals surface area contributed by atoms with Crippen LogP contribution in [0, 0.1) is 47.3 Å². The summed E-state index contributed by atoms with van der Waals surface area (Å²) in [7, 11) is -4.31. The summed E-state index contributed by atoms with van der Waals surface area (Å²) in [4.78, 5) is 0. The Morgan fingerprint density at radius 3 is 1.66 bits per heavy atom. The first-order valence-corrected chi connectivity index (χ1v) is 12.9. The third kappa shape index (κ3) is 4.88. The number of para-hydroxylation sites is 2. The van der Waals surface area contributed by atoms with E-state index in [0.717, 1.165) is 11.1 Å². The maximum Gasteiger partial charge on any atom is 0.440 e. The Morgan fingerprint density at radius 2 is 1.26 bits per heavy atom. The molecule has 178 valence electrons. The van der Waals surface area contributed by atoms with Crippen LogP contribution in [0.1, 0.15) is 36.2 Å². The molecule has 3 aromatic carbocycles. The molecule has 0 spiro atoms. The second-order valence-electron chi connectivity index (χ2n) is 9.02. The van der Waals surface area contributed by atoms with Crippen LogP contribution in [-0.4, -0.2) is 0 Å². The zero-order chi connectivity index (χ0) is 25.7. The summed E-state index contributed by atoms with van der Waals surface area (Å²) in [6.45, 7) is 11.0. The van der Waals surface area contributed by atoms with Crippen molar-refractivity contribution >= 4 is 7.60 Å². The highest BCUT2D eigenvalue weighted by Gasteiger charge is 2.61. The lowest BCUT2D eigenvalue weighted by atomic mass is 9.64. The van der Waals surface area contributed by atoms with Gasteiger partial charge in [0, 0.05) is 5.41 Å². The van der Waals surface area contributed by atoms with Gasteiger partial charge in [-0.1, -0.05) is 86.7 Å². The lowest BCUT2D eigenvalue weighted by molar-refractivity contribution is 0.230. The van der Waals surface area contributed by atoms with Crippen LogP contribution in [0.3, 0.4) is 0 Å². The van der Waals surface area contributed by atoms with Crippen LogP contribution < -0.4 is 9.05 Å². The minimum absolute atomic E-state index is 0.353. The van der Waals surface area contributed by atoms with Gasteiger partial charge in [-0.15, -0.1) is 6.58 Å². The van der Waals surface area contributed by atoms with E-state index in [4.69, 9.17) is 9.05 Å². The van der Waals surface area contributed by atoms with Crippen molar-refractivity contribution < 1.29 is 13.6 Å². The molecule has 5 nitrogen and oxygen atoms in total. The standard InChI is InChI=1S/C29H29N2O3P/c1-6-28(4,5)29(20-30,21-31)27(24-16-8-7-9-17-24)35(32,33-25-18-12-10-14-22(25)2)34-26-19-13-11-15-23(26)3/h6-19,27H,1H2,2-5H3. The van der Waals surface area contributed by atoms with Crippen molar-refractivity contribution in [2.24, 2.45) is 10.8 Å². The van der Waals surface area contributed by atoms with Crippen molar-refractivity contribution in [3.8, 4) is 23.6 Å². The Kier molecular flexibility index (Phi) is 7.54. The molecule has 35 heavy (non-hydrogen) atoms. The van der Waals surface area contributed by atoms with Crippen LogP contribution in [0.15, 0.2) is 91.5 Å². The number of nitriles is 2. The number of hydrogen-bond donors (Lipinski definition) is 0. The van der Waals surface area contributed by atoms with Gasteiger partial charge in [0.25, 0.3) is 0 Å². The Balaban J connectivity index is 2.38. The third-order valence-corrected chi connectivity index (χ3v) is 8.58. The van der Waals surface area contributed by atoms with Gasteiger partial charge in [0.05, 0.1) is 12.1 Å². The predicted molar refractivity (Wildman–Crippen MR) is 138 cm³/mol. The normalized spacial score (nSPS) is 12.6. The summed E-state index contributed by atoms with van der Waals surface area (Å²) < 4.78 is 27.6. The molecule has 3 rings (SSSR count). The van der Waals surface area contributed by atoms with Crippen molar-refractivity contribution in [3.63, 3.8) is 0 Å². The lowest BCUT2D eigenvalue weighted by Crippen LogP contribution is -2.41. The summed E-state index contributed by atoms with van der Waals surface area (Å²) in [6, 6.07) is 27.5. The van der Waals surface area contributed by atoms with Crippen LogP contribution in [0.5, 0.6) is 11.5 Å². The molecule has 0 aliphatic heterocycles. The molecule has 0 heterocycles. The Bertz CT molecular complexity index is 1270. The monoisotopic (exact) mass is 484 g/mol. The number of aryl methyl sites for hydroxylation is 2. The first kappa shape index (κ1) is 25.8. The largest absolute Gasteiger partial charge is 0.440 e. The Labute approximate surface area is 207 Å². The van der Waals surface area contributed by atoms with E-state index >= 15 is 4.57 Å². The van der Waals surface area contributed by atoms with Gasteiger partial charge in [-0.3, -0.25) is 0 Å². The number of nitrogens with zero attached hydrogens (tertiary/aromatic N) is 2. The molecule has 0 fully saturated rings. The summed E-state index contributed by atoms with van der Waals surface area (Å²) in [5.74, 6) is 0.707. The van der Waals surface area contributed by atoms with E-state index in [9.17, 15) is 10.5 Å². The molecule has 1 atom stereocenters. The minimum atomic E-state index is -4.31. The fourth-order valence-corrected chi connectivity index (χ4v) is 6.64. The first-order valence-electron chi connectivity index (χ1n) is 11.3. The molecule has 0 saturated carbocycles. The van der Waals surface area contributed by atoms with Crippen molar-refractivity contribution in [1.82, 2.24) is 0 Å². The van der Waals surface area contributed by atoms with Gasteiger partial charge in [-0.25, -0.2) is 4.57 Å². The van der Waals surface area contributed by atoms with Crippen molar-refractivity contribution in [2.75, 3.05) is 0 Å². The fraction of sp³-hybridized carbons (Fsp3) is 0.241. The molecule has 0 amide bonds. The summed E-state index contributed by atoms with van der Waals surface area (Å²) >= 11 is 0. The highest BCUT2D eigenvalue weighted by molar-refractivity contribution is 7.55. The lowest BCUT2D eigenvalue weighted by Gasteiger charge is -2.42. The molecule has 0 bridgehead atoms. The zero-order valence-corrected chi connectivity index (χ0v) is 21.3. The second-order valence-corrected chi connectivity index (χ2v) is 11.0. The molecule has 3 aromatic rings. The average Bonchev–Trinajstić information content (AvgIpc) is 2.85. The molecule has 0 aromatic heterocycles. The number of benzene rings is 3. The van der Waals surface area contributed by atoms with E-state index < -0.39 is 24.1 Å². The van der Waals surface area contributed by atoms with Gasteiger partial charge >= 0.3 is 7.60 Å². The molecule has 6 heteroatoms. The first-order chi connectivity index (χ1) is 16.6. The SMILES string of the molecule is C=CC(C)(C)C(C#N)(C#N)C(c1ccccc1)P(=O)(Oc1ccccc1C)Oc1ccccc1C. The third-order valence-electron chi connectivity index (χ3n) is 6.36. The van der Waals surface area contributed by atoms with Crippen LogP contribution in [0.4, 0.5) is 0 Å². The summed E-state index contributed by atoms with van der Waals surface area (Å²) in [5.41, 5.74) is -2.17. The van der Waals surface area contributed by atoms with Gasteiger partial charge in [0.2, 0.25) is 0 Å². The highest BCUT2D eigenvalue weighted by atomic mass is 31.2. The van der Waals surface area contributed by atoms with Crippen LogP contribution in [0.2, 0.25) is 0 Å². The Hall–Kier alpha value is -3.79. The molecular weight excluding hydrogens is 455 g/mol. The van der Waals surface area contributed by atoms with Crippen LogP contribution in [-0.2, 0) is 4.57 Å². The fourth-order valence-electron chi connectivity index (χ4n) is 3.97. The maximum atomic E-state index is 15.1. The average molecular weight is 485 g/mol. The van der Waals surface area contributed by atoms with Crippen molar-refractivity contribution in [1.29, 1.82) is 10.5 Å². The number of hydrogen-bond acceptors (Lipinski definition) is 5. The molecular formula is C29H29N2O3P. The van der Waals surface area contributed by atoms with Gasteiger partial charge < -0.3 is 9.05 Å². The topological polar surface area (TPSA) is 83.1 Å². The minimum Gasteiger partial charge on any atom is -0.415 e. The highest BCUT2D eigenvalue weighted by Crippen LogP contribution is 2.70. The van der Waals surface area contributed by atoms with Gasteiger partial charge in [0.15, 0.2) is 5.41 Å². The predicted octanol–water partition coefficient (Wildman–Crippen LogP) is 7.94. The van der Waals surface area contributed by atoms with E-state index in [-0.39, 0.29) is 0 Å². The number of rotatable bonds is 9. The van der Waals surface area contributed by atoms with Gasteiger partial charge in [0.1, 0.15) is 17.2 Å². The molecule has 0 aliphatic rings. The molecule has 0 saturated heterocycles. The maximum absolute atomic E-state index is 15.1. The van der Waals surface area contributed by atoms with E-state index in [1.807, 2.05) is 44.2 Å². The summed E-state index contributed by atoms with van der Waals surface area (Å²) in [5, 5.41) is 21.1. The number of allylic oxidation sites excluding steroid dienone is 1. The van der Waals surface area contributed by atoms with Gasteiger partial charge in [-0.05, 0) is 42.7 Å². The molecule has 0 radical (unpaired) electrons.